The van der Waals surface area contributed by atoms with E-state index in [9.17, 15) is 9.59 Å². The van der Waals surface area contributed by atoms with Crippen molar-refractivity contribution in [1.29, 1.82) is 0 Å². The number of nitrogens with one attached hydrogen (secondary N) is 2. The first-order chi connectivity index (χ1) is 12.6. The number of hydrogen-bond acceptors (Lipinski definition) is 4. The maximum atomic E-state index is 12.4. The van der Waals surface area contributed by atoms with Gasteiger partial charge in [0.1, 0.15) is 13.2 Å². The van der Waals surface area contributed by atoms with Gasteiger partial charge in [0.25, 0.3) is 0 Å². The van der Waals surface area contributed by atoms with Crippen molar-refractivity contribution in [3.8, 4) is 11.5 Å². The second kappa shape index (κ2) is 6.88. The largest absolute Gasteiger partial charge is 0.486 e. The normalized spacial score (nSPS) is 20.2. The minimum Gasteiger partial charge on any atom is -0.486 e. The molecular weight excluding hydrogens is 356 g/mol. The average Bonchev–Trinajstić information content (AvgIpc) is 3.45. The molecule has 2 amide bonds. The fraction of sp³-hybridized carbons (Fsp3) is 0.263. The van der Waals surface area contributed by atoms with Crippen molar-refractivity contribution in [2.24, 2.45) is 11.8 Å². The van der Waals surface area contributed by atoms with Crippen LogP contribution in [0.4, 0.5) is 11.4 Å². The van der Waals surface area contributed by atoms with Gasteiger partial charge in [-0.2, -0.15) is 0 Å². The number of benzene rings is 2. The van der Waals surface area contributed by atoms with Gasteiger partial charge < -0.3 is 20.1 Å². The van der Waals surface area contributed by atoms with Crippen LogP contribution in [-0.4, -0.2) is 25.0 Å². The van der Waals surface area contributed by atoms with E-state index in [0.717, 1.165) is 0 Å². The second-order valence-corrected chi connectivity index (χ2v) is 6.67. The summed E-state index contributed by atoms with van der Waals surface area (Å²) in [6, 6.07) is 12.3. The SMILES string of the molecule is O=C(Nc1ccc2c(c1)OCCO2)C1CC1C(=O)Nc1ccccc1Cl. The summed E-state index contributed by atoms with van der Waals surface area (Å²) in [7, 11) is 0. The second-order valence-electron chi connectivity index (χ2n) is 6.27. The molecule has 0 spiro atoms. The smallest absolute Gasteiger partial charge is 0.228 e. The predicted molar refractivity (Wildman–Crippen MR) is 97.7 cm³/mol. The van der Waals surface area contributed by atoms with Crippen molar-refractivity contribution >= 4 is 34.8 Å². The zero-order valence-corrected chi connectivity index (χ0v) is 14.6. The molecule has 2 N–H and O–H groups in total. The summed E-state index contributed by atoms with van der Waals surface area (Å²) in [4.78, 5) is 24.7. The molecule has 2 atom stereocenters. The van der Waals surface area contributed by atoms with Crippen LogP contribution < -0.4 is 20.1 Å². The number of para-hydroxylation sites is 1. The van der Waals surface area contributed by atoms with Crippen molar-refractivity contribution in [1.82, 2.24) is 0 Å². The number of halogens is 1. The fourth-order valence-corrected chi connectivity index (χ4v) is 3.10. The maximum Gasteiger partial charge on any atom is 0.228 e. The van der Waals surface area contributed by atoms with E-state index in [-0.39, 0.29) is 23.7 Å². The first-order valence-corrected chi connectivity index (χ1v) is 8.75. The number of fused-ring (bicyclic) bond motifs is 1. The lowest BCUT2D eigenvalue weighted by Gasteiger charge is -2.19. The van der Waals surface area contributed by atoms with E-state index in [2.05, 4.69) is 10.6 Å². The van der Waals surface area contributed by atoms with Crippen molar-refractivity contribution in [2.75, 3.05) is 23.8 Å². The molecule has 1 aliphatic carbocycles. The Balaban J connectivity index is 1.35. The van der Waals surface area contributed by atoms with Crippen LogP contribution in [0.15, 0.2) is 42.5 Å². The van der Waals surface area contributed by atoms with Gasteiger partial charge in [0.2, 0.25) is 11.8 Å². The number of carbonyl (C=O) groups is 2. The Morgan fingerprint density at radius 2 is 1.62 bits per heavy atom. The van der Waals surface area contributed by atoms with Crippen LogP contribution in [-0.2, 0) is 9.59 Å². The van der Waals surface area contributed by atoms with Crippen LogP contribution in [0.5, 0.6) is 11.5 Å². The van der Waals surface area contributed by atoms with E-state index >= 15 is 0 Å². The van der Waals surface area contributed by atoms with Gasteiger partial charge in [-0.1, -0.05) is 23.7 Å². The number of hydrogen-bond donors (Lipinski definition) is 2. The molecule has 0 aromatic heterocycles. The highest BCUT2D eigenvalue weighted by atomic mass is 35.5. The van der Waals surface area contributed by atoms with Gasteiger partial charge in [-0.15, -0.1) is 0 Å². The molecular formula is C19H17ClN2O4. The molecule has 1 aliphatic heterocycles. The number of anilines is 2. The summed E-state index contributed by atoms with van der Waals surface area (Å²) < 4.78 is 11.0. The van der Waals surface area contributed by atoms with Gasteiger partial charge >= 0.3 is 0 Å². The number of carbonyl (C=O) groups excluding carboxylic acids is 2. The Labute approximate surface area is 155 Å². The Bertz CT molecular complexity index is 870. The van der Waals surface area contributed by atoms with E-state index < -0.39 is 0 Å². The molecule has 1 fully saturated rings. The van der Waals surface area contributed by atoms with E-state index in [1.54, 1.807) is 42.5 Å². The van der Waals surface area contributed by atoms with Crippen LogP contribution in [0.1, 0.15) is 6.42 Å². The van der Waals surface area contributed by atoms with Crippen LogP contribution >= 0.6 is 11.6 Å². The molecule has 0 bridgehead atoms. The van der Waals surface area contributed by atoms with Gasteiger partial charge in [-0.25, -0.2) is 0 Å². The van der Waals surface area contributed by atoms with Crippen molar-refractivity contribution in [3.63, 3.8) is 0 Å². The molecule has 6 nitrogen and oxygen atoms in total. The van der Waals surface area contributed by atoms with E-state index in [1.165, 1.54) is 0 Å². The number of ether oxygens (including phenoxy) is 2. The highest BCUT2D eigenvalue weighted by Gasteiger charge is 2.48. The van der Waals surface area contributed by atoms with Gasteiger partial charge in [0.05, 0.1) is 22.5 Å². The van der Waals surface area contributed by atoms with Gasteiger partial charge in [0, 0.05) is 11.8 Å². The lowest BCUT2D eigenvalue weighted by atomic mass is 10.2. The quantitative estimate of drug-likeness (QED) is 0.863. The third-order valence-electron chi connectivity index (χ3n) is 4.41. The van der Waals surface area contributed by atoms with Crippen molar-refractivity contribution in [3.05, 3.63) is 47.5 Å². The van der Waals surface area contributed by atoms with Crippen LogP contribution in [0.3, 0.4) is 0 Å². The summed E-state index contributed by atoms with van der Waals surface area (Å²) >= 11 is 6.04. The molecule has 26 heavy (non-hydrogen) atoms. The van der Waals surface area contributed by atoms with Crippen molar-refractivity contribution < 1.29 is 19.1 Å². The topological polar surface area (TPSA) is 76.7 Å². The number of rotatable bonds is 4. The molecule has 7 heteroatoms. The summed E-state index contributed by atoms with van der Waals surface area (Å²) in [5.74, 6) is 0.214. The number of amides is 2. The summed E-state index contributed by atoms with van der Waals surface area (Å²) in [6.07, 6.45) is 0.521. The van der Waals surface area contributed by atoms with Gasteiger partial charge in [-0.3, -0.25) is 9.59 Å². The summed E-state index contributed by atoms with van der Waals surface area (Å²) in [6.45, 7) is 1.00. The molecule has 2 aliphatic rings. The van der Waals surface area contributed by atoms with E-state index in [1.807, 2.05) is 0 Å². The van der Waals surface area contributed by atoms with Crippen LogP contribution in [0.25, 0.3) is 0 Å². The zero-order valence-electron chi connectivity index (χ0n) is 13.8. The van der Waals surface area contributed by atoms with Gasteiger partial charge in [-0.05, 0) is 30.7 Å². The van der Waals surface area contributed by atoms with Crippen molar-refractivity contribution in [2.45, 2.75) is 6.42 Å². The van der Waals surface area contributed by atoms with E-state index in [4.69, 9.17) is 21.1 Å². The highest BCUT2D eigenvalue weighted by Crippen LogP contribution is 2.41. The first kappa shape index (κ1) is 16.7. The average molecular weight is 373 g/mol. The molecule has 0 radical (unpaired) electrons. The third kappa shape index (κ3) is 3.46. The Morgan fingerprint density at radius 3 is 2.38 bits per heavy atom. The van der Waals surface area contributed by atoms with Crippen LogP contribution in [0.2, 0.25) is 5.02 Å². The molecule has 1 saturated carbocycles. The monoisotopic (exact) mass is 372 g/mol. The fourth-order valence-electron chi connectivity index (χ4n) is 2.92. The van der Waals surface area contributed by atoms with Gasteiger partial charge in [0.15, 0.2) is 11.5 Å². The lowest BCUT2D eigenvalue weighted by molar-refractivity contribution is -0.122. The Hall–Kier alpha value is -2.73. The lowest BCUT2D eigenvalue weighted by Crippen LogP contribution is -2.21. The maximum absolute atomic E-state index is 12.4. The summed E-state index contributed by atoms with van der Waals surface area (Å²) in [5, 5.41) is 6.08. The zero-order chi connectivity index (χ0) is 18.1. The minimum atomic E-state index is -0.344. The predicted octanol–water partition coefficient (Wildman–Crippen LogP) is 3.32. The Kier molecular flexibility index (Phi) is 4.42. The van der Waals surface area contributed by atoms with Crippen LogP contribution in [0, 0.1) is 11.8 Å². The molecule has 134 valence electrons. The molecule has 2 unspecified atom stereocenters. The standard InChI is InChI=1S/C19H17ClN2O4/c20-14-3-1-2-4-15(14)22-19(24)13-10-12(13)18(23)21-11-5-6-16-17(9-11)26-8-7-25-16/h1-6,9,12-13H,7-8,10H2,(H,21,23)(H,22,24). The highest BCUT2D eigenvalue weighted by molar-refractivity contribution is 6.33. The molecule has 1 heterocycles. The van der Waals surface area contributed by atoms with E-state index in [0.29, 0.717) is 47.5 Å². The first-order valence-electron chi connectivity index (χ1n) is 8.38. The molecule has 2 aromatic rings. The minimum absolute atomic E-state index is 0.180. The molecule has 4 rings (SSSR count). The third-order valence-corrected chi connectivity index (χ3v) is 4.74. The Morgan fingerprint density at radius 1 is 0.923 bits per heavy atom. The molecule has 0 saturated heterocycles. The summed E-state index contributed by atoms with van der Waals surface area (Å²) in [5.41, 5.74) is 1.17. The molecule has 2 aromatic carbocycles.